The van der Waals surface area contributed by atoms with Gasteiger partial charge in [0.15, 0.2) is 11.3 Å². The van der Waals surface area contributed by atoms with E-state index in [2.05, 4.69) is 0 Å². The lowest BCUT2D eigenvalue weighted by molar-refractivity contribution is -0.159. The van der Waals surface area contributed by atoms with Gasteiger partial charge in [-0.2, -0.15) is 0 Å². The summed E-state index contributed by atoms with van der Waals surface area (Å²) < 4.78 is 5.43. The molecule has 0 saturated heterocycles. The van der Waals surface area contributed by atoms with Gasteiger partial charge in [0.05, 0.1) is 0 Å². The van der Waals surface area contributed by atoms with E-state index in [1.807, 2.05) is 30.3 Å². The summed E-state index contributed by atoms with van der Waals surface area (Å²) in [6.45, 7) is 5.25. The van der Waals surface area contributed by atoms with E-state index in [1.165, 1.54) is 0 Å². The third-order valence-electron chi connectivity index (χ3n) is 3.53. The van der Waals surface area contributed by atoms with Gasteiger partial charge < -0.3 is 10.5 Å². The van der Waals surface area contributed by atoms with Crippen molar-refractivity contribution >= 4 is 11.8 Å². The van der Waals surface area contributed by atoms with E-state index < -0.39 is 22.9 Å². The first-order chi connectivity index (χ1) is 11.2. The molecule has 0 spiro atoms. The molecular weight excluding hydrogens is 302 g/mol. The van der Waals surface area contributed by atoms with E-state index in [4.69, 9.17) is 10.5 Å². The Kier molecular flexibility index (Phi) is 5.20. The van der Waals surface area contributed by atoms with Crippen molar-refractivity contribution in [3.8, 4) is 0 Å². The molecule has 0 fully saturated rings. The van der Waals surface area contributed by atoms with Crippen LogP contribution in [0, 0.1) is 0 Å². The fraction of sp³-hybridized carbons (Fsp3) is 0.300. The molecule has 2 aromatic carbocycles. The van der Waals surface area contributed by atoms with Gasteiger partial charge in [0.1, 0.15) is 5.60 Å². The first-order valence-corrected chi connectivity index (χ1v) is 7.88. The van der Waals surface area contributed by atoms with Crippen LogP contribution in [0.15, 0.2) is 60.7 Å². The number of rotatable bonds is 5. The van der Waals surface area contributed by atoms with Crippen molar-refractivity contribution in [2.75, 3.05) is 0 Å². The van der Waals surface area contributed by atoms with Gasteiger partial charge in [0.2, 0.25) is 0 Å². The summed E-state index contributed by atoms with van der Waals surface area (Å²) in [5.41, 5.74) is 5.03. The number of esters is 1. The van der Waals surface area contributed by atoms with Gasteiger partial charge in [-0.05, 0) is 26.3 Å². The summed E-state index contributed by atoms with van der Waals surface area (Å²) in [7, 11) is 0. The van der Waals surface area contributed by atoms with E-state index in [0.717, 1.165) is 5.56 Å². The van der Waals surface area contributed by atoms with Crippen molar-refractivity contribution < 1.29 is 14.3 Å². The molecular formula is C20H23NO3. The molecule has 0 amide bonds. The third kappa shape index (κ3) is 4.30. The van der Waals surface area contributed by atoms with Gasteiger partial charge in [-0.1, -0.05) is 60.7 Å². The van der Waals surface area contributed by atoms with Crippen molar-refractivity contribution in [1.29, 1.82) is 0 Å². The number of hydrogen-bond donors (Lipinski definition) is 1. The molecule has 0 radical (unpaired) electrons. The van der Waals surface area contributed by atoms with E-state index in [-0.39, 0.29) is 6.42 Å². The Morgan fingerprint density at radius 3 is 1.92 bits per heavy atom. The molecule has 4 nitrogen and oxygen atoms in total. The molecule has 2 rings (SSSR count). The highest BCUT2D eigenvalue weighted by Crippen LogP contribution is 2.22. The van der Waals surface area contributed by atoms with Crippen LogP contribution in [0.2, 0.25) is 0 Å². The van der Waals surface area contributed by atoms with Crippen LogP contribution in [-0.4, -0.2) is 22.9 Å². The molecule has 0 aromatic heterocycles. The van der Waals surface area contributed by atoms with Crippen LogP contribution in [0.3, 0.4) is 0 Å². The highest BCUT2D eigenvalue weighted by atomic mass is 16.6. The SMILES string of the molecule is CC(C)(C)OC(=O)C(N)(Cc1ccccc1)C(=O)c1ccccc1. The van der Waals surface area contributed by atoms with E-state index in [1.54, 1.807) is 51.1 Å². The van der Waals surface area contributed by atoms with Crippen molar-refractivity contribution in [2.24, 2.45) is 5.73 Å². The molecule has 2 N–H and O–H groups in total. The third-order valence-corrected chi connectivity index (χ3v) is 3.53. The average molecular weight is 325 g/mol. The van der Waals surface area contributed by atoms with Crippen LogP contribution < -0.4 is 5.73 Å². The van der Waals surface area contributed by atoms with Gasteiger partial charge >= 0.3 is 5.97 Å². The van der Waals surface area contributed by atoms with Gasteiger partial charge in [0, 0.05) is 12.0 Å². The first kappa shape index (κ1) is 17.9. The Morgan fingerprint density at radius 2 is 1.42 bits per heavy atom. The van der Waals surface area contributed by atoms with Crippen LogP contribution in [0.1, 0.15) is 36.7 Å². The zero-order valence-corrected chi connectivity index (χ0v) is 14.3. The quantitative estimate of drug-likeness (QED) is 0.521. The highest BCUT2D eigenvalue weighted by Gasteiger charge is 2.45. The Balaban J connectivity index is 2.40. The topological polar surface area (TPSA) is 69.4 Å². The Bertz CT molecular complexity index is 705. The highest BCUT2D eigenvalue weighted by molar-refractivity contribution is 6.16. The summed E-state index contributed by atoms with van der Waals surface area (Å²) in [5, 5.41) is 0. The molecule has 1 atom stereocenters. The number of nitrogens with two attached hydrogens (primary N) is 1. The molecule has 0 bridgehead atoms. The van der Waals surface area contributed by atoms with Crippen LogP contribution >= 0.6 is 0 Å². The molecule has 2 aromatic rings. The Hall–Kier alpha value is -2.46. The minimum Gasteiger partial charge on any atom is -0.458 e. The molecule has 0 aliphatic rings. The van der Waals surface area contributed by atoms with E-state index in [0.29, 0.717) is 5.56 Å². The lowest BCUT2D eigenvalue weighted by atomic mass is 9.84. The van der Waals surface area contributed by atoms with Crippen molar-refractivity contribution in [3.63, 3.8) is 0 Å². The molecule has 0 saturated carbocycles. The van der Waals surface area contributed by atoms with Crippen molar-refractivity contribution in [3.05, 3.63) is 71.8 Å². The molecule has 0 aliphatic heterocycles. The second-order valence-electron chi connectivity index (χ2n) is 6.83. The lowest BCUT2D eigenvalue weighted by Gasteiger charge is -2.30. The number of ketones is 1. The maximum Gasteiger partial charge on any atom is 0.335 e. The summed E-state index contributed by atoms with van der Waals surface area (Å²) in [6.07, 6.45) is 0.0798. The van der Waals surface area contributed by atoms with Crippen molar-refractivity contribution in [2.45, 2.75) is 38.3 Å². The zero-order chi connectivity index (χ0) is 17.8. The van der Waals surface area contributed by atoms with Crippen LogP contribution in [0.25, 0.3) is 0 Å². The lowest BCUT2D eigenvalue weighted by Crippen LogP contribution is -2.58. The van der Waals surface area contributed by atoms with E-state index in [9.17, 15) is 9.59 Å². The van der Waals surface area contributed by atoms with Crippen LogP contribution in [0.4, 0.5) is 0 Å². The minimum absolute atomic E-state index is 0.0798. The Labute approximate surface area is 142 Å². The zero-order valence-electron chi connectivity index (χ0n) is 14.3. The molecule has 0 aliphatic carbocycles. The number of ether oxygens (including phenoxy) is 1. The number of Topliss-reactive ketones (excluding diaryl/α,β-unsaturated/α-hetero) is 1. The maximum atomic E-state index is 13.0. The second-order valence-corrected chi connectivity index (χ2v) is 6.83. The summed E-state index contributed by atoms with van der Waals surface area (Å²) >= 11 is 0. The monoisotopic (exact) mass is 325 g/mol. The molecule has 24 heavy (non-hydrogen) atoms. The summed E-state index contributed by atoms with van der Waals surface area (Å²) in [5.74, 6) is -1.16. The fourth-order valence-electron chi connectivity index (χ4n) is 2.38. The predicted molar refractivity (Wildman–Crippen MR) is 93.7 cm³/mol. The Morgan fingerprint density at radius 1 is 0.917 bits per heavy atom. The number of carbonyl (C=O) groups excluding carboxylic acids is 2. The van der Waals surface area contributed by atoms with Crippen molar-refractivity contribution in [1.82, 2.24) is 0 Å². The smallest absolute Gasteiger partial charge is 0.335 e. The van der Waals surface area contributed by atoms with E-state index >= 15 is 0 Å². The second kappa shape index (κ2) is 6.97. The van der Waals surface area contributed by atoms with Gasteiger partial charge in [-0.25, -0.2) is 4.79 Å². The number of benzene rings is 2. The first-order valence-electron chi connectivity index (χ1n) is 7.88. The maximum absolute atomic E-state index is 13.0. The van der Waals surface area contributed by atoms with Gasteiger partial charge in [0.25, 0.3) is 0 Å². The van der Waals surface area contributed by atoms with Crippen LogP contribution in [-0.2, 0) is 16.0 Å². The molecule has 4 heteroatoms. The predicted octanol–water partition coefficient (Wildman–Crippen LogP) is 3.15. The summed E-state index contributed by atoms with van der Waals surface area (Å²) in [6, 6.07) is 17.8. The largest absolute Gasteiger partial charge is 0.458 e. The molecule has 0 heterocycles. The number of hydrogen-bond acceptors (Lipinski definition) is 4. The van der Waals surface area contributed by atoms with Gasteiger partial charge in [-0.15, -0.1) is 0 Å². The minimum atomic E-state index is -1.77. The molecule has 126 valence electrons. The van der Waals surface area contributed by atoms with Crippen LogP contribution in [0.5, 0.6) is 0 Å². The normalized spacial score (nSPS) is 13.8. The van der Waals surface area contributed by atoms with Gasteiger partial charge in [-0.3, -0.25) is 4.79 Å². The molecule has 1 unspecified atom stereocenters. The fourth-order valence-corrected chi connectivity index (χ4v) is 2.38. The summed E-state index contributed by atoms with van der Waals surface area (Å²) in [4.78, 5) is 25.7. The number of carbonyl (C=O) groups is 2. The average Bonchev–Trinajstić information content (AvgIpc) is 2.54. The standard InChI is InChI=1S/C20H23NO3/c1-19(2,3)24-18(23)20(21,14-15-10-6-4-7-11-15)17(22)16-12-8-5-9-13-16/h4-13H,14,21H2,1-3H3.